The summed E-state index contributed by atoms with van der Waals surface area (Å²) in [5.74, 6) is -0.629. The van der Waals surface area contributed by atoms with Crippen molar-refractivity contribution in [1.29, 1.82) is 0 Å². The molecule has 31 heavy (non-hydrogen) atoms. The highest BCUT2D eigenvalue weighted by Gasteiger charge is 2.48. The van der Waals surface area contributed by atoms with E-state index in [0.29, 0.717) is 21.6 Å². The van der Waals surface area contributed by atoms with Gasteiger partial charge in [0.1, 0.15) is 18.5 Å². The van der Waals surface area contributed by atoms with Crippen LogP contribution in [0.15, 0.2) is 56.9 Å². The molecule has 1 aromatic carbocycles. The molecule has 1 fully saturated rings. The molecule has 10 heteroatoms. The second kappa shape index (κ2) is 7.12. The third kappa shape index (κ3) is 3.34. The molecule has 3 heterocycles. The van der Waals surface area contributed by atoms with Crippen molar-refractivity contribution in [3.8, 4) is 0 Å². The number of pyridine rings is 1. The molecule has 0 N–H and O–H groups in total. The van der Waals surface area contributed by atoms with Crippen LogP contribution in [0.25, 0.3) is 11.0 Å². The maximum atomic E-state index is 15.2. The lowest BCUT2D eigenvalue weighted by Gasteiger charge is -2.40. The molecule has 0 radical (unpaired) electrons. The topological polar surface area (TPSA) is 95.8 Å². The Kier molecular flexibility index (Phi) is 4.51. The highest BCUT2D eigenvalue weighted by atomic mass is 35.5. The molecule has 0 aliphatic heterocycles. The first-order valence-corrected chi connectivity index (χ1v) is 10.1. The molecule has 3 aromatic heterocycles. The molecule has 1 saturated carbocycles. The fourth-order valence-corrected chi connectivity index (χ4v) is 4.08. The molecule has 5 rings (SSSR count). The summed E-state index contributed by atoms with van der Waals surface area (Å²) in [5, 5.41) is 5.12. The average molecular weight is 442 g/mol. The van der Waals surface area contributed by atoms with Crippen LogP contribution < -0.4 is 11.3 Å². The largest absolute Gasteiger partial charge is 0.437 e. The number of benzene rings is 1. The van der Waals surface area contributed by atoms with Crippen molar-refractivity contribution in [2.45, 2.75) is 38.0 Å². The number of aromatic nitrogens is 5. The minimum Gasteiger partial charge on any atom is -0.390 e. The lowest BCUT2D eigenvalue weighted by Crippen LogP contribution is -2.41. The zero-order chi connectivity index (χ0) is 21.8. The van der Waals surface area contributed by atoms with Crippen molar-refractivity contribution >= 4 is 22.6 Å². The van der Waals surface area contributed by atoms with E-state index in [4.69, 9.17) is 16.0 Å². The highest BCUT2D eigenvalue weighted by Crippen LogP contribution is 2.51. The number of hydrogen-bond donors (Lipinski definition) is 0. The van der Waals surface area contributed by atoms with Crippen LogP contribution in [-0.4, -0.2) is 24.3 Å². The number of nitrogens with zero attached hydrogens (tertiary/aromatic N) is 5. The summed E-state index contributed by atoms with van der Waals surface area (Å²) in [5.41, 5.74) is -0.231. The lowest BCUT2D eigenvalue weighted by molar-refractivity contribution is 0.00179. The van der Waals surface area contributed by atoms with Crippen LogP contribution in [0.3, 0.4) is 0 Å². The molecule has 0 spiro atoms. The predicted octanol–water partition coefficient (Wildman–Crippen LogP) is 3.15. The van der Waals surface area contributed by atoms with E-state index in [1.54, 1.807) is 43.5 Å². The number of fused-ring (bicyclic) bond motifs is 1. The smallest absolute Gasteiger partial charge is 0.390 e. The molecule has 0 saturated heterocycles. The van der Waals surface area contributed by atoms with Crippen LogP contribution in [0.2, 0.25) is 5.02 Å². The second-order valence-corrected chi connectivity index (χ2v) is 8.18. The molecule has 0 bridgehead atoms. The third-order valence-electron chi connectivity index (χ3n) is 5.68. The van der Waals surface area contributed by atoms with E-state index in [2.05, 4.69) is 15.1 Å². The van der Waals surface area contributed by atoms with Gasteiger partial charge < -0.3 is 4.42 Å². The van der Waals surface area contributed by atoms with Gasteiger partial charge in [0.15, 0.2) is 5.65 Å². The van der Waals surface area contributed by atoms with E-state index < -0.39 is 17.5 Å². The van der Waals surface area contributed by atoms with Crippen LogP contribution >= 0.6 is 11.6 Å². The molecular formula is C21H17ClFN5O3. The summed E-state index contributed by atoms with van der Waals surface area (Å²) in [7, 11) is 0. The normalized spacial score (nSPS) is 20.7. The number of aryl methyl sites for hydroxylation is 1. The zero-order valence-electron chi connectivity index (χ0n) is 16.5. The number of alkyl halides is 1. The molecule has 0 atom stereocenters. The molecule has 1 aliphatic carbocycles. The van der Waals surface area contributed by atoms with Crippen LogP contribution in [-0.2, 0) is 12.2 Å². The summed E-state index contributed by atoms with van der Waals surface area (Å²) in [6.45, 7) is 1.73. The standard InChI is InChI=1S/C21H17ClFN5O3/c1-12-6-7-24-18-17(12)19(29)27(11-25-18)10-16-26-28(20(30)31-16)15-8-21(23,9-15)13-2-4-14(22)5-3-13/h2-7,11,15H,8-10H2,1H3/t15-,21+. The fourth-order valence-electron chi connectivity index (χ4n) is 3.95. The third-order valence-corrected chi connectivity index (χ3v) is 5.93. The fraction of sp³-hybridized carbons (Fsp3) is 0.286. The minimum atomic E-state index is -1.54. The average Bonchev–Trinajstić information content (AvgIpc) is 3.08. The maximum absolute atomic E-state index is 15.2. The molecule has 4 aromatic rings. The van der Waals surface area contributed by atoms with Crippen molar-refractivity contribution in [2.24, 2.45) is 0 Å². The van der Waals surface area contributed by atoms with Gasteiger partial charge >= 0.3 is 5.76 Å². The summed E-state index contributed by atoms with van der Waals surface area (Å²) in [6.07, 6.45) is 3.13. The molecular weight excluding hydrogens is 425 g/mol. The summed E-state index contributed by atoms with van der Waals surface area (Å²) < 4.78 is 22.8. The highest BCUT2D eigenvalue weighted by molar-refractivity contribution is 6.30. The SMILES string of the molecule is Cc1ccnc2ncn(Cc3nn([C@H]4C[C@](F)(c5ccc(Cl)cc5)C4)c(=O)o3)c(=O)c12. The Labute approximate surface area is 179 Å². The second-order valence-electron chi connectivity index (χ2n) is 7.74. The van der Waals surface area contributed by atoms with Crippen molar-refractivity contribution in [3.05, 3.63) is 85.8 Å². The van der Waals surface area contributed by atoms with Gasteiger partial charge in [-0.05, 0) is 36.2 Å². The van der Waals surface area contributed by atoms with Crippen LogP contribution in [0.4, 0.5) is 4.39 Å². The molecule has 1 aliphatic rings. The van der Waals surface area contributed by atoms with Gasteiger partial charge in [-0.3, -0.25) is 9.36 Å². The van der Waals surface area contributed by atoms with E-state index in [0.717, 1.165) is 10.2 Å². The quantitative estimate of drug-likeness (QED) is 0.482. The van der Waals surface area contributed by atoms with Crippen molar-refractivity contribution in [1.82, 2.24) is 24.3 Å². The van der Waals surface area contributed by atoms with E-state index in [1.165, 1.54) is 10.9 Å². The molecule has 0 unspecified atom stereocenters. The molecule has 0 amide bonds. The number of rotatable bonds is 4. The monoisotopic (exact) mass is 441 g/mol. The van der Waals surface area contributed by atoms with Gasteiger partial charge in [0.2, 0.25) is 5.89 Å². The maximum Gasteiger partial charge on any atom is 0.437 e. The van der Waals surface area contributed by atoms with Gasteiger partial charge in [0.25, 0.3) is 5.56 Å². The zero-order valence-corrected chi connectivity index (χ0v) is 17.2. The van der Waals surface area contributed by atoms with E-state index in [1.807, 2.05) is 0 Å². The Morgan fingerprint density at radius 3 is 2.68 bits per heavy atom. The number of hydrogen-bond acceptors (Lipinski definition) is 6. The first-order valence-electron chi connectivity index (χ1n) is 9.68. The summed E-state index contributed by atoms with van der Waals surface area (Å²) in [4.78, 5) is 33.4. The number of halogens is 2. The van der Waals surface area contributed by atoms with E-state index in [9.17, 15) is 9.59 Å². The van der Waals surface area contributed by atoms with Gasteiger partial charge in [-0.25, -0.2) is 19.2 Å². The van der Waals surface area contributed by atoms with Gasteiger partial charge in [-0.1, -0.05) is 23.7 Å². The van der Waals surface area contributed by atoms with E-state index in [-0.39, 0.29) is 30.8 Å². The molecule has 8 nitrogen and oxygen atoms in total. The van der Waals surface area contributed by atoms with Crippen LogP contribution in [0.5, 0.6) is 0 Å². The minimum absolute atomic E-state index is 0.0534. The first-order chi connectivity index (χ1) is 14.8. The van der Waals surface area contributed by atoms with Crippen LogP contribution in [0.1, 0.15) is 35.9 Å². The lowest BCUT2D eigenvalue weighted by atomic mass is 9.73. The predicted molar refractivity (Wildman–Crippen MR) is 111 cm³/mol. The Morgan fingerprint density at radius 2 is 1.94 bits per heavy atom. The van der Waals surface area contributed by atoms with Crippen LogP contribution in [0, 0.1) is 6.92 Å². The van der Waals surface area contributed by atoms with Gasteiger partial charge in [-0.2, -0.15) is 4.68 Å². The van der Waals surface area contributed by atoms with Crippen molar-refractivity contribution in [3.63, 3.8) is 0 Å². The van der Waals surface area contributed by atoms with Crippen molar-refractivity contribution in [2.75, 3.05) is 0 Å². The summed E-state index contributed by atoms with van der Waals surface area (Å²) >= 11 is 5.87. The Hall–Kier alpha value is -3.33. The summed E-state index contributed by atoms with van der Waals surface area (Å²) in [6, 6.07) is 7.86. The Bertz CT molecular complexity index is 1400. The van der Waals surface area contributed by atoms with Gasteiger partial charge in [-0.15, -0.1) is 5.10 Å². The van der Waals surface area contributed by atoms with E-state index >= 15 is 4.39 Å². The van der Waals surface area contributed by atoms with Crippen molar-refractivity contribution < 1.29 is 8.81 Å². The van der Waals surface area contributed by atoms with Gasteiger partial charge in [0.05, 0.1) is 11.4 Å². The Balaban J connectivity index is 1.38. The Morgan fingerprint density at radius 1 is 1.19 bits per heavy atom. The first kappa shape index (κ1) is 19.6. The molecule has 158 valence electrons. The van der Waals surface area contributed by atoms with Gasteiger partial charge in [0, 0.05) is 24.1 Å².